The molecular formula is C13H16BrNO4. The zero-order valence-electron chi connectivity index (χ0n) is 10.8. The molecule has 0 fully saturated rings. The zero-order valence-corrected chi connectivity index (χ0v) is 12.4. The highest BCUT2D eigenvalue weighted by Gasteiger charge is 2.23. The average molecular weight is 330 g/mol. The summed E-state index contributed by atoms with van der Waals surface area (Å²) in [4.78, 5) is 23.5. The van der Waals surface area contributed by atoms with Crippen molar-refractivity contribution in [3.63, 3.8) is 0 Å². The van der Waals surface area contributed by atoms with Crippen LogP contribution in [0.25, 0.3) is 0 Å². The molecular weight excluding hydrogens is 314 g/mol. The van der Waals surface area contributed by atoms with Gasteiger partial charge in [0.1, 0.15) is 0 Å². The van der Waals surface area contributed by atoms with E-state index in [1.165, 1.54) is 6.07 Å². The van der Waals surface area contributed by atoms with Crippen LogP contribution < -0.4 is 5.73 Å². The van der Waals surface area contributed by atoms with Crippen LogP contribution in [0.1, 0.15) is 30.6 Å². The summed E-state index contributed by atoms with van der Waals surface area (Å²) >= 11 is 3.24. The molecule has 6 heteroatoms. The largest absolute Gasteiger partial charge is 0.463 e. The molecule has 104 valence electrons. The van der Waals surface area contributed by atoms with Crippen LogP contribution in [0.2, 0.25) is 0 Å². The Bertz CT molecular complexity index is 455. The number of carbonyl (C=O) groups excluding carboxylic acids is 2. The van der Waals surface area contributed by atoms with Crippen LogP contribution in [0.4, 0.5) is 5.69 Å². The smallest absolute Gasteiger partial charge is 0.347 e. The first kappa shape index (κ1) is 15.5. The predicted octanol–water partition coefficient (Wildman–Crippen LogP) is 2.53. The lowest BCUT2D eigenvalue weighted by Crippen LogP contribution is -2.28. The van der Waals surface area contributed by atoms with E-state index in [9.17, 15) is 9.59 Å². The zero-order chi connectivity index (χ0) is 14.4. The Morgan fingerprint density at radius 3 is 2.53 bits per heavy atom. The highest BCUT2D eigenvalue weighted by atomic mass is 79.9. The Hall–Kier alpha value is -1.56. The molecule has 1 atom stereocenters. The molecule has 1 aromatic rings. The van der Waals surface area contributed by atoms with Crippen molar-refractivity contribution in [3.8, 4) is 0 Å². The molecule has 0 aliphatic rings. The standard InChI is InChI=1S/C13H16BrNO4/c1-3-11(13(17)18-4-2)19-12(16)8-5-9(14)7-10(15)6-8/h5-7,11H,3-4,15H2,1-2H3. The van der Waals surface area contributed by atoms with E-state index in [1.54, 1.807) is 26.0 Å². The van der Waals surface area contributed by atoms with Crippen LogP contribution >= 0.6 is 15.9 Å². The number of anilines is 1. The van der Waals surface area contributed by atoms with Gasteiger partial charge in [0.15, 0.2) is 6.10 Å². The van der Waals surface area contributed by atoms with E-state index in [0.29, 0.717) is 16.6 Å². The molecule has 0 aromatic heterocycles. The number of benzene rings is 1. The van der Waals surface area contributed by atoms with Crippen LogP contribution in [0.5, 0.6) is 0 Å². The summed E-state index contributed by atoms with van der Waals surface area (Å²) in [5.74, 6) is -1.14. The van der Waals surface area contributed by atoms with Gasteiger partial charge < -0.3 is 15.2 Å². The third-order valence-electron chi connectivity index (χ3n) is 2.33. The van der Waals surface area contributed by atoms with Crippen molar-refractivity contribution in [1.29, 1.82) is 0 Å². The van der Waals surface area contributed by atoms with E-state index in [0.717, 1.165) is 0 Å². The van der Waals surface area contributed by atoms with Crippen LogP contribution in [0.3, 0.4) is 0 Å². The molecule has 0 spiro atoms. The predicted molar refractivity (Wildman–Crippen MR) is 74.7 cm³/mol. The summed E-state index contributed by atoms with van der Waals surface area (Å²) in [7, 11) is 0. The Balaban J connectivity index is 2.79. The minimum absolute atomic E-state index is 0.247. The van der Waals surface area contributed by atoms with Crippen molar-refractivity contribution in [2.45, 2.75) is 26.4 Å². The number of carbonyl (C=O) groups is 2. The maximum atomic E-state index is 11.9. The second-order valence-electron chi connectivity index (χ2n) is 3.83. The average Bonchev–Trinajstić information content (AvgIpc) is 2.34. The van der Waals surface area contributed by atoms with Gasteiger partial charge in [0.05, 0.1) is 12.2 Å². The van der Waals surface area contributed by atoms with Gasteiger partial charge in [0, 0.05) is 10.2 Å². The fourth-order valence-corrected chi connectivity index (χ4v) is 1.97. The van der Waals surface area contributed by atoms with Crippen LogP contribution in [-0.2, 0) is 14.3 Å². The number of esters is 2. The molecule has 0 aliphatic heterocycles. The quantitative estimate of drug-likeness (QED) is 0.663. The van der Waals surface area contributed by atoms with E-state index in [2.05, 4.69) is 15.9 Å². The highest BCUT2D eigenvalue weighted by molar-refractivity contribution is 9.10. The van der Waals surface area contributed by atoms with Gasteiger partial charge >= 0.3 is 11.9 Å². The molecule has 0 saturated carbocycles. The molecule has 0 radical (unpaired) electrons. The van der Waals surface area contributed by atoms with Crippen LogP contribution in [0, 0.1) is 0 Å². The Kier molecular flexibility index (Phi) is 5.82. The monoisotopic (exact) mass is 329 g/mol. The van der Waals surface area contributed by atoms with Crippen molar-refractivity contribution >= 4 is 33.6 Å². The van der Waals surface area contributed by atoms with Crippen molar-refractivity contribution in [3.05, 3.63) is 28.2 Å². The van der Waals surface area contributed by atoms with E-state index in [1.807, 2.05) is 0 Å². The van der Waals surface area contributed by atoms with Crippen LogP contribution in [0.15, 0.2) is 22.7 Å². The molecule has 1 rings (SSSR count). The van der Waals surface area contributed by atoms with Gasteiger partial charge in [0.2, 0.25) is 0 Å². The van der Waals surface area contributed by atoms with Crippen LogP contribution in [-0.4, -0.2) is 24.6 Å². The second kappa shape index (κ2) is 7.13. The van der Waals surface area contributed by atoms with Gasteiger partial charge in [-0.15, -0.1) is 0 Å². The second-order valence-corrected chi connectivity index (χ2v) is 4.74. The fraction of sp³-hybridized carbons (Fsp3) is 0.385. The number of ether oxygens (including phenoxy) is 2. The molecule has 5 nitrogen and oxygen atoms in total. The molecule has 0 amide bonds. The number of hydrogen-bond donors (Lipinski definition) is 1. The van der Waals surface area contributed by atoms with Crippen molar-refractivity contribution in [1.82, 2.24) is 0 Å². The normalized spacial score (nSPS) is 11.7. The maximum absolute atomic E-state index is 11.9. The number of nitrogens with two attached hydrogens (primary N) is 1. The van der Waals surface area contributed by atoms with E-state index in [4.69, 9.17) is 15.2 Å². The highest BCUT2D eigenvalue weighted by Crippen LogP contribution is 2.18. The van der Waals surface area contributed by atoms with Gasteiger partial charge in [0.25, 0.3) is 0 Å². The SMILES string of the molecule is CCOC(=O)C(CC)OC(=O)c1cc(N)cc(Br)c1. The topological polar surface area (TPSA) is 78.6 Å². The molecule has 0 aliphatic carbocycles. The summed E-state index contributed by atoms with van der Waals surface area (Å²) in [6.07, 6.45) is -0.540. The van der Waals surface area contributed by atoms with E-state index >= 15 is 0 Å². The minimum atomic E-state index is -0.896. The lowest BCUT2D eigenvalue weighted by atomic mass is 10.2. The van der Waals surface area contributed by atoms with Gasteiger partial charge in [-0.3, -0.25) is 0 Å². The van der Waals surface area contributed by atoms with E-state index < -0.39 is 18.0 Å². The van der Waals surface area contributed by atoms with Gasteiger partial charge in [-0.05, 0) is 31.5 Å². The summed E-state index contributed by atoms with van der Waals surface area (Å²) in [6.45, 7) is 3.68. The first-order valence-corrected chi connectivity index (χ1v) is 6.70. The number of halogens is 1. The van der Waals surface area contributed by atoms with Crippen molar-refractivity contribution in [2.75, 3.05) is 12.3 Å². The third kappa shape index (κ3) is 4.55. The maximum Gasteiger partial charge on any atom is 0.347 e. The molecule has 19 heavy (non-hydrogen) atoms. The summed E-state index contributed by atoms with van der Waals surface area (Å²) in [5, 5.41) is 0. The van der Waals surface area contributed by atoms with Gasteiger partial charge in [-0.1, -0.05) is 22.9 Å². The summed E-state index contributed by atoms with van der Waals surface area (Å²) in [5.41, 5.74) is 6.36. The Morgan fingerprint density at radius 1 is 1.32 bits per heavy atom. The molecule has 1 aromatic carbocycles. The molecule has 2 N–H and O–H groups in total. The number of nitrogen functional groups attached to an aromatic ring is 1. The molecule has 0 saturated heterocycles. The summed E-state index contributed by atoms with van der Waals surface area (Å²) in [6, 6.07) is 4.74. The van der Waals surface area contributed by atoms with Crippen molar-refractivity contribution < 1.29 is 19.1 Å². The molecule has 1 unspecified atom stereocenters. The summed E-state index contributed by atoms with van der Waals surface area (Å²) < 4.78 is 10.6. The first-order valence-electron chi connectivity index (χ1n) is 5.91. The Labute approximate surface area is 120 Å². The Morgan fingerprint density at radius 2 is 2.00 bits per heavy atom. The molecule has 0 bridgehead atoms. The van der Waals surface area contributed by atoms with E-state index in [-0.39, 0.29) is 12.2 Å². The number of rotatable bonds is 5. The molecule has 0 heterocycles. The fourth-order valence-electron chi connectivity index (χ4n) is 1.46. The first-order chi connectivity index (χ1) is 8.97. The van der Waals surface area contributed by atoms with Gasteiger partial charge in [-0.25, -0.2) is 9.59 Å². The minimum Gasteiger partial charge on any atom is -0.463 e. The van der Waals surface area contributed by atoms with Crippen molar-refractivity contribution in [2.24, 2.45) is 0 Å². The lowest BCUT2D eigenvalue weighted by Gasteiger charge is -2.14. The lowest BCUT2D eigenvalue weighted by molar-refractivity contribution is -0.153. The number of hydrogen-bond acceptors (Lipinski definition) is 5. The van der Waals surface area contributed by atoms with Gasteiger partial charge in [-0.2, -0.15) is 0 Å². The third-order valence-corrected chi connectivity index (χ3v) is 2.78.